The van der Waals surface area contributed by atoms with Crippen LogP contribution >= 0.6 is 0 Å². The lowest BCUT2D eigenvalue weighted by Gasteiger charge is -2.18. The zero-order valence-corrected chi connectivity index (χ0v) is 10.8. The highest BCUT2D eigenvalue weighted by Gasteiger charge is 2.20. The van der Waals surface area contributed by atoms with Crippen molar-refractivity contribution in [2.75, 3.05) is 6.54 Å². The van der Waals surface area contributed by atoms with E-state index in [0.29, 0.717) is 6.42 Å². The van der Waals surface area contributed by atoms with Crippen molar-refractivity contribution in [2.24, 2.45) is 0 Å². The number of rotatable bonds is 8. The van der Waals surface area contributed by atoms with Gasteiger partial charge in [0.15, 0.2) is 0 Å². The number of hydrogen-bond donors (Lipinski definition) is 0. The lowest BCUT2D eigenvalue weighted by Crippen LogP contribution is -2.24. The fourth-order valence-corrected chi connectivity index (χ4v) is 2.29. The lowest BCUT2D eigenvalue weighted by molar-refractivity contribution is -0.127. The van der Waals surface area contributed by atoms with Crippen molar-refractivity contribution >= 4 is 5.91 Å². The first-order valence-electron chi connectivity index (χ1n) is 6.79. The summed E-state index contributed by atoms with van der Waals surface area (Å²) in [4.78, 5) is 13.4. The molecule has 0 atom stereocenters. The highest BCUT2D eigenvalue weighted by Crippen LogP contribution is 2.21. The van der Waals surface area contributed by atoms with Crippen molar-refractivity contribution in [3.05, 3.63) is 11.8 Å². The largest absolute Gasteiger partial charge is 0.317 e. The summed E-state index contributed by atoms with van der Waals surface area (Å²) in [5.74, 6) is 0.281. The van der Waals surface area contributed by atoms with E-state index in [-0.39, 0.29) is 5.91 Å². The Morgan fingerprint density at radius 3 is 2.50 bits per heavy atom. The molecular weight excluding hydrogens is 198 g/mol. The second kappa shape index (κ2) is 7.48. The first-order valence-corrected chi connectivity index (χ1v) is 6.79. The molecule has 0 radical (unpaired) electrons. The van der Waals surface area contributed by atoms with E-state index in [0.717, 1.165) is 13.0 Å². The van der Waals surface area contributed by atoms with E-state index in [4.69, 9.17) is 0 Å². The maximum atomic E-state index is 11.5. The minimum absolute atomic E-state index is 0.281. The van der Waals surface area contributed by atoms with Gasteiger partial charge in [-0.2, -0.15) is 0 Å². The van der Waals surface area contributed by atoms with Gasteiger partial charge in [0.2, 0.25) is 5.91 Å². The number of hydrogen-bond acceptors (Lipinski definition) is 1. The molecule has 1 amide bonds. The average Bonchev–Trinajstić information content (AvgIpc) is 2.64. The summed E-state index contributed by atoms with van der Waals surface area (Å²) in [6.45, 7) is 5.13. The van der Waals surface area contributed by atoms with Crippen LogP contribution in [0.2, 0.25) is 0 Å². The van der Waals surface area contributed by atoms with Crippen molar-refractivity contribution < 1.29 is 4.79 Å². The van der Waals surface area contributed by atoms with Crippen LogP contribution in [0, 0.1) is 0 Å². The third-order valence-corrected chi connectivity index (χ3v) is 3.26. The molecule has 2 nitrogen and oxygen atoms in total. The van der Waals surface area contributed by atoms with E-state index in [2.05, 4.69) is 19.9 Å². The van der Waals surface area contributed by atoms with Crippen LogP contribution in [0.4, 0.5) is 0 Å². The van der Waals surface area contributed by atoms with E-state index in [1.807, 2.05) is 4.90 Å². The first kappa shape index (κ1) is 13.3. The monoisotopic (exact) mass is 223 g/mol. The van der Waals surface area contributed by atoms with Gasteiger partial charge in [0, 0.05) is 18.7 Å². The summed E-state index contributed by atoms with van der Waals surface area (Å²) < 4.78 is 0. The fraction of sp³-hybridized carbons (Fsp3) is 0.786. The van der Waals surface area contributed by atoms with Gasteiger partial charge in [-0.15, -0.1) is 0 Å². The molecule has 0 aliphatic carbocycles. The Morgan fingerprint density at radius 1 is 1.12 bits per heavy atom. The molecule has 0 aromatic heterocycles. The fourth-order valence-electron chi connectivity index (χ4n) is 2.29. The Labute approximate surface area is 99.7 Å². The molecule has 1 aliphatic heterocycles. The van der Waals surface area contributed by atoms with Gasteiger partial charge in [0.1, 0.15) is 0 Å². The molecule has 92 valence electrons. The maximum absolute atomic E-state index is 11.5. The van der Waals surface area contributed by atoms with Crippen LogP contribution in [0.1, 0.15) is 65.2 Å². The third-order valence-electron chi connectivity index (χ3n) is 3.26. The average molecular weight is 223 g/mol. The molecule has 0 N–H and O–H groups in total. The van der Waals surface area contributed by atoms with Gasteiger partial charge >= 0.3 is 0 Å². The molecule has 0 saturated carbocycles. The van der Waals surface area contributed by atoms with Gasteiger partial charge < -0.3 is 4.90 Å². The number of allylic oxidation sites excluding steroid dienone is 1. The van der Waals surface area contributed by atoms with Crippen molar-refractivity contribution in [2.45, 2.75) is 65.2 Å². The van der Waals surface area contributed by atoms with Crippen molar-refractivity contribution in [1.29, 1.82) is 0 Å². The highest BCUT2D eigenvalue weighted by atomic mass is 16.2. The molecule has 0 spiro atoms. The predicted molar refractivity (Wildman–Crippen MR) is 68.1 cm³/mol. The van der Waals surface area contributed by atoms with Gasteiger partial charge in [-0.25, -0.2) is 0 Å². The number of carbonyl (C=O) groups is 1. The lowest BCUT2D eigenvalue weighted by atomic mass is 10.1. The van der Waals surface area contributed by atoms with E-state index >= 15 is 0 Å². The number of nitrogens with zero attached hydrogens (tertiary/aromatic N) is 1. The summed E-state index contributed by atoms with van der Waals surface area (Å²) in [7, 11) is 0. The smallest absolute Gasteiger partial charge is 0.230 e. The first-order chi connectivity index (χ1) is 7.79. The molecular formula is C14H25NO. The standard InChI is InChI=1S/C14H25NO/c1-3-5-6-7-8-9-10-13-11-12-14(16)15(13)4-2/h11H,3-10,12H2,1-2H3. The van der Waals surface area contributed by atoms with Gasteiger partial charge in [-0.05, 0) is 19.8 Å². The van der Waals surface area contributed by atoms with Crippen LogP contribution < -0.4 is 0 Å². The van der Waals surface area contributed by atoms with E-state index in [9.17, 15) is 4.79 Å². The molecule has 16 heavy (non-hydrogen) atoms. The van der Waals surface area contributed by atoms with Crippen molar-refractivity contribution in [1.82, 2.24) is 4.90 Å². The Hall–Kier alpha value is -0.790. The van der Waals surface area contributed by atoms with E-state index < -0.39 is 0 Å². The van der Waals surface area contributed by atoms with Crippen LogP contribution in [0.15, 0.2) is 11.8 Å². The summed E-state index contributed by atoms with van der Waals surface area (Å²) in [5, 5.41) is 0. The predicted octanol–water partition coefficient (Wildman–Crippen LogP) is 3.87. The minimum atomic E-state index is 0.281. The summed E-state index contributed by atoms with van der Waals surface area (Å²) in [5.41, 5.74) is 1.27. The number of unbranched alkanes of at least 4 members (excludes halogenated alkanes) is 5. The zero-order chi connectivity index (χ0) is 11.8. The van der Waals surface area contributed by atoms with Gasteiger partial charge in [-0.3, -0.25) is 4.79 Å². The van der Waals surface area contributed by atoms with E-state index in [1.54, 1.807) is 0 Å². The topological polar surface area (TPSA) is 20.3 Å². The van der Waals surface area contributed by atoms with Gasteiger partial charge in [-0.1, -0.05) is 45.1 Å². The summed E-state index contributed by atoms with van der Waals surface area (Å²) >= 11 is 0. The minimum Gasteiger partial charge on any atom is -0.317 e. The molecule has 1 heterocycles. The maximum Gasteiger partial charge on any atom is 0.230 e. The Bertz CT molecular complexity index is 245. The molecule has 1 rings (SSSR count). The zero-order valence-electron chi connectivity index (χ0n) is 10.8. The Morgan fingerprint density at radius 2 is 1.81 bits per heavy atom. The molecule has 0 fully saturated rings. The van der Waals surface area contributed by atoms with Crippen molar-refractivity contribution in [3.8, 4) is 0 Å². The third kappa shape index (κ3) is 3.99. The van der Waals surface area contributed by atoms with Crippen LogP contribution in [0.5, 0.6) is 0 Å². The molecule has 0 aromatic rings. The second-order valence-corrected chi connectivity index (χ2v) is 4.56. The molecule has 0 unspecified atom stereocenters. The number of amides is 1. The Kier molecular flexibility index (Phi) is 6.20. The molecule has 2 heteroatoms. The van der Waals surface area contributed by atoms with Gasteiger partial charge in [0.05, 0.1) is 0 Å². The van der Waals surface area contributed by atoms with Crippen LogP contribution in [-0.2, 0) is 4.79 Å². The highest BCUT2D eigenvalue weighted by molar-refractivity contribution is 5.82. The molecule has 0 saturated heterocycles. The van der Waals surface area contributed by atoms with Crippen LogP contribution in [0.3, 0.4) is 0 Å². The van der Waals surface area contributed by atoms with Crippen molar-refractivity contribution in [3.63, 3.8) is 0 Å². The Balaban J connectivity index is 2.11. The SMILES string of the molecule is CCCCCCCCC1=CCC(=O)N1CC. The quantitative estimate of drug-likeness (QED) is 0.572. The summed E-state index contributed by atoms with van der Waals surface area (Å²) in [6, 6.07) is 0. The normalized spacial score (nSPS) is 15.8. The van der Waals surface area contributed by atoms with E-state index in [1.165, 1.54) is 44.2 Å². The molecule has 1 aliphatic rings. The summed E-state index contributed by atoms with van der Waals surface area (Å²) in [6.07, 6.45) is 11.8. The molecule has 0 aromatic carbocycles. The molecule has 0 bridgehead atoms. The second-order valence-electron chi connectivity index (χ2n) is 4.56. The van der Waals surface area contributed by atoms with Crippen LogP contribution in [-0.4, -0.2) is 17.4 Å². The van der Waals surface area contributed by atoms with Crippen LogP contribution in [0.25, 0.3) is 0 Å². The number of carbonyl (C=O) groups excluding carboxylic acids is 1. The van der Waals surface area contributed by atoms with Gasteiger partial charge in [0.25, 0.3) is 0 Å².